The first-order valence-electron chi connectivity index (χ1n) is 8.55. The van der Waals surface area contributed by atoms with Crippen LogP contribution >= 0.6 is 0 Å². The van der Waals surface area contributed by atoms with Crippen LogP contribution in [0.5, 0.6) is 5.75 Å². The van der Waals surface area contributed by atoms with Crippen LogP contribution in [0, 0.1) is 0 Å². The SMILES string of the molecule is CCCOC(=O)c1ccc(NC(=O)COc2ccc(NC(C)=O)cc2)cc1. The molecule has 2 N–H and O–H groups in total. The molecule has 0 radical (unpaired) electrons. The molecule has 0 spiro atoms. The molecule has 2 aromatic carbocycles. The van der Waals surface area contributed by atoms with Crippen LogP contribution < -0.4 is 15.4 Å². The van der Waals surface area contributed by atoms with E-state index in [0.29, 0.717) is 29.3 Å². The zero-order chi connectivity index (χ0) is 19.6. The monoisotopic (exact) mass is 370 g/mol. The summed E-state index contributed by atoms with van der Waals surface area (Å²) in [5, 5.41) is 5.33. The average Bonchev–Trinajstić information content (AvgIpc) is 2.65. The normalized spacial score (nSPS) is 10.0. The topological polar surface area (TPSA) is 93.7 Å². The van der Waals surface area contributed by atoms with E-state index in [-0.39, 0.29) is 24.4 Å². The molecular weight excluding hydrogens is 348 g/mol. The van der Waals surface area contributed by atoms with Crippen molar-refractivity contribution >= 4 is 29.2 Å². The van der Waals surface area contributed by atoms with Gasteiger partial charge in [0, 0.05) is 18.3 Å². The Balaban J connectivity index is 1.81. The smallest absolute Gasteiger partial charge is 0.338 e. The van der Waals surface area contributed by atoms with Gasteiger partial charge in [-0.25, -0.2) is 4.79 Å². The Morgan fingerprint density at radius 3 is 2.07 bits per heavy atom. The highest BCUT2D eigenvalue weighted by Crippen LogP contribution is 2.16. The zero-order valence-corrected chi connectivity index (χ0v) is 15.3. The average molecular weight is 370 g/mol. The van der Waals surface area contributed by atoms with Crippen LogP contribution in [0.3, 0.4) is 0 Å². The van der Waals surface area contributed by atoms with Gasteiger partial charge in [-0.15, -0.1) is 0 Å². The fourth-order valence-corrected chi connectivity index (χ4v) is 2.15. The van der Waals surface area contributed by atoms with Gasteiger partial charge in [0.25, 0.3) is 5.91 Å². The number of amides is 2. The summed E-state index contributed by atoms with van der Waals surface area (Å²) in [5.74, 6) is -0.371. The van der Waals surface area contributed by atoms with Crippen LogP contribution in [0.2, 0.25) is 0 Å². The van der Waals surface area contributed by atoms with Crippen molar-refractivity contribution in [2.24, 2.45) is 0 Å². The summed E-state index contributed by atoms with van der Waals surface area (Å²) in [4.78, 5) is 34.7. The third-order valence-electron chi connectivity index (χ3n) is 3.39. The molecule has 0 unspecified atom stereocenters. The lowest BCUT2D eigenvalue weighted by Gasteiger charge is -2.09. The highest BCUT2D eigenvalue weighted by molar-refractivity contribution is 5.93. The first kappa shape index (κ1) is 20.0. The summed E-state index contributed by atoms with van der Waals surface area (Å²) in [5.41, 5.74) is 1.63. The van der Waals surface area contributed by atoms with Crippen molar-refractivity contribution in [1.29, 1.82) is 0 Å². The third-order valence-corrected chi connectivity index (χ3v) is 3.39. The summed E-state index contributed by atoms with van der Waals surface area (Å²) < 4.78 is 10.5. The van der Waals surface area contributed by atoms with E-state index in [0.717, 1.165) is 6.42 Å². The first-order chi connectivity index (χ1) is 13.0. The largest absolute Gasteiger partial charge is 0.484 e. The van der Waals surface area contributed by atoms with E-state index in [1.54, 1.807) is 48.5 Å². The standard InChI is InChI=1S/C20H22N2O5/c1-3-12-26-20(25)15-4-6-17(7-5-15)22-19(24)13-27-18-10-8-16(9-11-18)21-14(2)23/h4-11H,3,12-13H2,1-2H3,(H,21,23)(H,22,24). The molecule has 0 aromatic heterocycles. The molecule has 0 aliphatic heterocycles. The van der Waals surface area contributed by atoms with Gasteiger partial charge in [0.15, 0.2) is 6.61 Å². The number of ether oxygens (including phenoxy) is 2. The lowest BCUT2D eigenvalue weighted by atomic mass is 10.2. The van der Waals surface area contributed by atoms with Crippen LogP contribution in [-0.4, -0.2) is 31.0 Å². The van der Waals surface area contributed by atoms with Gasteiger partial charge in [-0.3, -0.25) is 9.59 Å². The van der Waals surface area contributed by atoms with E-state index in [1.165, 1.54) is 6.92 Å². The fraction of sp³-hybridized carbons (Fsp3) is 0.250. The number of carbonyl (C=O) groups is 3. The zero-order valence-electron chi connectivity index (χ0n) is 15.3. The Labute approximate surface area is 157 Å². The Kier molecular flexibility index (Phi) is 7.37. The molecule has 7 heteroatoms. The molecule has 0 bridgehead atoms. The van der Waals surface area contributed by atoms with Crippen molar-refractivity contribution in [1.82, 2.24) is 0 Å². The minimum atomic E-state index is -0.388. The van der Waals surface area contributed by atoms with Gasteiger partial charge in [0.2, 0.25) is 5.91 Å². The van der Waals surface area contributed by atoms with Gasteiger partial charge in [-0.05, 0) is 55.0 Å². The van der Waals surface area contributed by atoms with Crippen LogP contribution in [0.25, 0.3) is 0 Å². The number of hydrogen-bond donors (Lipinski definition) is 2. The van der Waals surface area contributed by atoms with E-state index in [1.807, 2.05) is 6.92 Å². The maximum Gasteiger partial charge on any atom is 0.338 e. The summed E-state index contributed by atoms with van der Waals surface area (Å²) in [6.07, 6.45) is 0.760. The van der Waals surface area contributed by atoms with Crippen molar-refractivity contribution < 1.29 is 23.9 Å². The molecule has 0 fully saturated rings. The molecule has 0 aliphatic carbocycles. The molecule has 0 aliphatic rings. The maximum atomic E-state index is 12.0. The Morgan fingerprint density at radius 1 is 0.889 bits per heavy atom. The fourth-order valence-electron chi connectivity index (χ4n) is 2.15. The van der Waals surface area contributed by atoms with Gasteiger partial charge in [-0.2, -0.15) is 0 Å². The lowest BCUT2D eigenvalue weighted by Crippen LogP contribution is -2.20. The van der Waals surface area contributed by atoms with Crippen LogP contribution in [0.15, 0.2) is 48.5 Å². The van der Waals surface area contributed by atoms with Crippen molar-refractivity contribution in [3.63, 3.8) is 0 Å². The first-order valence-corrected chi connectivity index (χ1v) is 8.55. The summed E-state index contributed by atoms with van der Waals surface area (Å²) in [6, 6.07) is 13.1. The van der Waals surface area contributed by atoms with Crippen LogP contribution in [0.4, 0.5) is 11.4 Å². The van der Waals surface area contributed by atoms with Gasteiger partial charge in [0.1, 0.15) is 5.75 Å². The minimum Gasteiger partial charge on any atom is -0.484 e. The van der Waals surface area contributed by atoms with Crippen molar-refractivity contribution in [2.75, 3.05) is 23.8 Å². The number of carbonyl (C=O) groups excluding carboxylic acids is 3. The van der Waals surface area contributed by atoms with Crippen LogP contribution in [0.1, 0.15) is 30.6 Å². The number of esters is 1. The summed E-state index contributed by atoms with van der Waals surface area (Å²) in [6.45, 7) is 3.56. The van der Waals surface area contributed by atoms with E-state index < -0.39 is 0 Å². The minimum absolute atomic E-state index is 0.160. The molecule has 142 valence electrons. The molecular formula is C20H22N2O5. The molecule has 27 heavy (non-hydrogen) atoms. The predicted octanol–water partition coefficient (Wildman–Crippen LogP) is 3.23. The number of nitrogens with one attached hydrogen (secondary N) is 2. The summed E-state index contributed by atoms with van der Waals surface area (Å²) in [7, 11) is 0. The number of anilines is 2. The number of hydrogen-bond acceptors (Lipinski definition) is 5. The molecule has 2 rings (SSSR count). The Hall–Kier alpha value is -3.35. The molecule has 0 saturated heterocycles. The Morgan fingerprint density at radius 2 is 1.48 bits per heavy atom. The molecule has 0 saturated carbocycles. The predicted molar refractivity (Wildman–Crippen MR) is 102 cm³/mol. The maximum absolute atomic E-state index is 12.0. The second-order valence-corrected chi connectivity index (χ2v) is 5.76. The lowest BCUT2D eigenvalue weighted by molar-refractivity contribution is -0.118. The number of rotatable bonds is 8. The molecule has 2 amide bonds. The highest BCUT2D eigenvalue weighted by Gasteiger charge is 2.08. The third kappa shape index (κ3) is 6.81. The van der Waals surface area contributed by atoms with Gasteiger partial charge in [0.05, 0.1) is 12.2 Å². The summed E-state index contributed by atoms with van der Waals surface area (Å²) >= 11 is 0. The van der Waals surface area contributed by atoms with Crippen LogP contribution in [-0.2, 0) is 14.3 Å². The van der Waals surface area contributed by atoms with E-state index >= 15 is 0 Å². The van der Waals surface area contributed by atoms with Crippen molar-refractivity contribution in [3.05, 3.63) is 54.1 Å². The quantitative estimate of drug-likeness (QED) is 0.696. The highest BCUT2D eigenvalue weighted by atomic mass is 16.5. The van der Waals surface area contributed by atoms with Gasteiger partial charge in [-0.1, -0.05) is 6.92 Å². The van der Waals surface area contributed by atoms with Crippen molar-refractivity contribution in [2.45, 2.75) is 20.3 Å². The van der Waals surface area contributed by atoms with E-state index in [4.69, 9.17) is 9.47 Å². The molecule has 2 aromatic rings. The van der Waals surface area contributed by atoms with Gasteiger partial charge < -0.3 is 20.1 Å². The van der Waals surface area contributed by atoms with Gasteiger partial charge >= 0.3 is 5.97 Å². The second kappa shape index (κ2) is 9.96. The van der Waals surface area contributed by atoms with E-state index in [9.17, 15) is 14.4 Å². The Bertz CT molecular complexity index is 785. The molecule has 0 heterocycles. The molecule has 7 nitrogen and oxygen atoms in total. The number of benzene rings is 2. The van der Waals surface area contributed by atoms with E-state index in [2.05, 4.69) is 10.6 Å². The molecule has 0 atom stereocenters. The van der Waals surface area contributed by atoms with Crippen molar-refractivity contribution in [3.8, 4) is 5.75 Å². The second-order valence-electron chi connectivity index (χ2n) is 5.76.